The van der Waals surface area contributed by atoms with Crippen LogP contribution in [-0.2, 0) is 9.59 Å². The minimum Gasteiger partial charge on any atom is -0.497 e. The van der Waals surface area contributed by atoms with Gasteiger partial charge in [-0.05, 0) is 47.7 Å². The highest BCUT2D eigenvalue weighted by Gasteiger charge is 2.34. The highest BCUT2D eigenvalue weighted by Crippen LogP contribution is 2.31. The quantitative estimate of drug-likeness (QED) is 0.356. The molecule has 1 saturated heterocycles. The van der Waals surface area contributed by atoms with Crippen LogP contribution in [0.3, 0.4) is 0 Å². The van der Waals surface area contributed by atoms with Gasteiger partial charge < -0.3 is 10.1 Å². The standard InChI is InChI=1S/C23H21N5O4S2/c1-32-18-9-7-17(8-10-18)28-15-25-26-22(28)33-14-20(29)24-11-12-27-21(30)19(34-23(27)31)13-16-5-3-2-4-6-16/h2-10,13,15H,11-12,14H2,1H3,(H,24,29)/b19-13+. The Morgan fingerprint density at radius 2 is 1.91 bits per heavy atom. The maximum atomic E-state index is 12.6. The monoisotopic (exact) mass is 495 g/mol. The van der Waals surface area contributed by atoms with Crippen LogP contribution in [0, 0.1) is 0 Å². The number of hydrogen-bond donors (Lipinski definition) is 1. The molecule has 34 heavy (non-hydrogen) atoms. The summed E-state index contributed by atoms with van der Waals surface area (Å²) in [5.41, 5.74) is 1.69. The molecular weight excluding hydrogens is 474 g/mol. The van der Waals surface area contributed by atoms with Crippen molar-refractivity contribution in [1.29, 1.82) is 0 Å². The lowest BCUT2D eigenvalue weighted by atomic mass is 10.2. The van der Waals surface area contributed by atoms with E-state index in [4.69, 9.17) is 4.74 Å². The van der Waals surface area contributed by atoms with Crippen LogP contribution in [0.2, 0.25) is 0 Å². The maximum absolute atomic E-state index is 12.6. The van der Waals surface area contributed by atoms with E-state index in [2.05, 4.69) is 15.5 Å². The third-order valence-corrected chi connectivity index (χ3v) is 6.68. The topological polar surface area (TPSA) is 106 Å². The van der Waals surface area contributed by atoms with Gasteiger partial charge in [0, 0.05) is 18.8 Å². The first-order valence-electron chi connectivity index (χ1n) is 10.3. The first-order chi connectivity index (χ1) is 16.5. The number of aromatic nitrogens is 3. The highest BCUT2D eigenvalue weighted by atomic mass is 32.2. The van der Waals surface area contributed by atoms with Crippen LogP contribution < -0.4 is 10.1 Å². The van der Waals surface area contributed by atoms with E-state index in [9.17, 15) is 14.4 Å². The summed E-state index contributed by atoms with van der Waals surface area (Å²) in [6.07, 6.45) is 3.27. The van der Waals surface area contributed by atoms with Crippen LogP contribution in [0.25, 0.3) is 11.8 Å². The molecule has 1 fully saturated rings. The number of hydrogen-bond acceptors (Lipinski definition) is 8. The van der Waals surface area contributed by atoms with Crippen LogP contribution in [0.15, 0.2) is 71.0 Å². The highest BCUT2D eigenvalue weighted by molar-refractivity contribution is 8.18. The Morgan fingerprint density at radius 3 is 2.65 bits per heavy atom. The largest absolute Gasteiger partial charge is 0.497 e. The Morgan fingerprint density at radius 1 is 1.15 bits per heavy atom. The van der Waals surface area contributed by atoms with Crippen molar-refractivity contribution < 1.29 is 19.1 Å². The molecule has 11 heteroatoms. The molecule has 1 aliphatic rings. The smallest absolute Gasteiger partial charge is 0.293 e. The van der Waals surface area contributed by atoms with Crippen LogP contribution >= 0.6 is 23.5 Å². The molecule has 3 aromatic rings. The van der Waals surface area contributed by atoms with E-state index in [1.54, 1.807) is 24.1 Å². The van der Waals surface area contributed by atoms with Gasteiger partial charge in [-0.1, -0.05) is 42.1 Å². The summed E-state index contributed by atoms with van der Waals surface area (Å²) in [6, 6.07) is 16.7. The maximum Gasteiger partial charge on any atom is 0.293 e. The number of ether oxygens (including phenoxy) is 1. The first kappa shape index (κ1) is 23.6. The van der Waals surface area contributed by atoms with Gasteiger partial charge >= 0.3 is 0 Å². The summed E-state index contributed by atoms with van der Waals surface area (Å²) < 4.78 is 6.94. The lowest BCUT2D eigenvalue weighted by Crippen LogP contribution is -2.37. The molecule has 1 aliphatic heterocycles. The van der Waals surface area contributed by atoms with E-state index in [0.29, 0.717) is 10.1 Å². The molecule has 0 bridgehead atoms. The van der Waals surface area contributed by atoms with E-state index in [1.165, 1.54) is 11.8 Å². The van der Waals surface area contributed by atoms with Crippen LogP contribution in [-0.4, -0.2) is 62.7 Å². The number of thioether (sulfide) groups is 2. The molecule has 0 radical (unpaired) electrons. The van der Waals surface area contributed by atoms with Gasteiger partial charge in [-0.15, -0.1) is 10.2 Å². The molecule has 4 rings (SSSR count). The van der Waals surface area contributed by atoms with Gasteiger partial charge in [0.2, 0.25) is 5.91 Å². The molecule has 0 saturated carbocycles. The minimum absolute atomic E-state index is 0.106. The Balaban J connectivity index is 1.26. The van der Waals surface area contributed by atoms with Gasteiger partial charge in [-0.2, -0.15) is 0 Å². The molecule has 3 amide bonds. The second-order valence-corrected chi connectivity index (χ2v) is 9.00. The molecule has 2 aromatic carbocycles. The average molecular weight is 496 g/mol. The zero-order valence-corrected chi connectivity index (χ0v) is 19.8. The van der Waals surface area contributed by atoms with Crippen molar-refractivity contribution >= 4 is 46.7 Å². The molecule has 0 spiro atoms. The number of nitrogens with zero attached hydrogens (tertiary/aromatic N) is 4. The molecule has 174 valence electrons. The Labute approximate surface area is 204 Å². The van der Waals surface area contributed by atoms with Crippen molar-refractivity contribution in [3.05, 3.63) is 71.4 Å². The lowest BCUT2D eigenvalue weighted by Gasteiger charge is -2.13. The molecule has 0 aliphatic carbocycles. The fourth-order valence-corrected chi connectivity index (χ4v) is 4.75. The van der Waals surface area contributed by atoms with Crippen molar-refractivity contribution in [3.8, 4) is 11.4 Å². The van der Waals surface area contributed by atoms with Gasteiger partial charge in [0.1, 0.15) is 12.1 Å². The number of methoxy groups -OCH3 is 1. The van der Waals surface area contributed by atoms with E-state index in [-0.39, 0.29) is 35.9 Å². The summed E-state index contributed by atoms with van der Waals surface area (Å²) >= 11 is 2.14. The SMILES string of the molecule is COc1ccc(-n2cnnc2SCC(=O)NCCN2C(=O)S/C(=C/c3ccccc3)C2=O)cc1. The Hall–Kier alpha value is -3.57. The third-order valence-electron chi connectivity index (χ3n) is 4.83. The molecule has 0 unspecified atom stereocenters. The number of amides is 3. The predicted octanol–water partition coefficient (Wildman–Crippen LogP) is 3.22. The van der Waals surface area contributed by atoms with Crippen LogP contribution in [0.5, 0.6) is 5.75 Å². The second kappa shape index (κ2) is 11.0. The summed E-state index contributed by atoms with van der Waals surface area (Å²) in [4.78, 5) is 38.6. The fraction of sp³-hybridized carbons (Fsp3) is 0.174. The molecular formula is C23H21N5O4S2. The van der Waals surface area contributed by atoms with Crippen molar-refractivity contribution in [3.63, 3.8) is 0 Å². The van der Waals surface area contributed by atoms with Crippen LogP contribution in [0.4, 0.5) is 4.79 Å². The number of carbonyl (C=O) groups excluding carboxylic acids is 3. The zero-order valence-electron chi connectivity index (χ0n) is 18.2. The summed E-state index contributed by atoms with van der Waals surface area (Å²) in [6.45, 7) is 0.274. The van der Waals surface area contributed by atoms with Crippen molar-refractivity contribution in [2.24, 2.45) is 0 Å². The van der Waals surface area contributed by atoms with Crippen molar-refractivity contribution in [2.75, 3.05) is 26.0 Å². The van der Waals surface area contributed by atoms with Crippen LogP contribution in [0.1, 0.15) is 5.56 Å². The van der Waals surface area contributed by atoms with Gasteiger partial charge in [-0.25, -0.2) is 0 Å². The second-order valence-electron chi connectivity index (χ2n) is 7.06. The molecule has 0 atom stereocenters. The number of carbonyl (C=O) groups is 3. The molecule has 9 nitrogen and oxygen atoms in total. The van der Waals surface area contributed by atoms with Crippen molar-refractivity contribution in [1.82, 2.24) is 25.0 Å². The minimum atomic E-state index is -0.352. The van der Waals surface area contributed by atoms with Crippen molar-refractivity contribution in [2.45, 2.75) is 5.16 Å². The molecule has 2 heterocycles. The first-order valence-corrected chi connectivity index (χ1v) is 12.1. The Bertz CT molecular complexity index is 1210. The third kappa shape index (κ3) is 5.67. The number of imide groups is 1. The lowest BCUT2D eigenvalue weighted by molar-refractivity contribution is -0.123. The Kier molecular flexibility index (Phi) is 7.65. The molecule has 1 aromatic heterocycles. The summed E-state index contributed by atoms with van der Waals surface area (Å²) in [5.74, 6) is 0.266. The number of rotatable bonds is 9. The molecule has 1 N–H and O–H groups in total. The predicted molar refractivity (Wildman–Crippen MR) is 131 cm³/mol. The van der Waals surface area contributed by atoms with Gasteiger partial charge in [-0.3, -0.25) is 23.9 Å². The van der Waals surface area contributed by atoms with E-state index >= 15 is 0 Å². The van der Waals surface area contributed by atoms with E-state index in [1.807, 2.05) is 54.6 Å². The van der Waals surface area contributed by atoms with Gasteiger partial charge in [0.25, 0.3) is 11.1 Å². The zero-order chi connectivity index (χ0) is 23.9. The normalized spacial score (nSPS) is 14.6. The van der Waals surface area contributed by atoms with Gasteiger partial charge in [0.05, 0.1) is 17.8 Å². The summed E-state index contributed by atoms with van der Waals surface area (Å²) in [5, 5.41) is 11.0. The average Bonchev–Trinajstić information content (AvgIpc) is 3.43. The number of benzene rings is 2. The van der Waals surface area contributed by atoms with Gasteiger partial charge in [0.15, 0.2) is 5.16 Å². The van der Waals surface area contributed by atoms with E-state index < -0.39 is 0 Å². The summed E-state index contributed by atoms with van der Waals surface area (Å²) in [7, 11) is 1.60. The van der Waals surface area contributed by atoms with E-state index in [0.717, 1.165) is 33.7 Å². The number of nitrogens with one attached hydrogen (secondary N) is 1. The fourth-order valence-electron chi connectivity index (χ4n) is 3.12.